The molecule has 1 aliphatic rings. The molecule has 2 aromatic rings. The lowest BCUT2D eigenvalue weighted by Crippen LogP contribution is -2.39. The van der Waals surface area contributed by atoms with Crippen LogP contribution in [0, 0.1) is 5.92 Å². The molecule has 1 aromatic carbocycles. The number of carbonyl (C=O) groups excluding carboxylic acids is 1. The molecule has 2 N–H and O–H groups in total. The van der Waals surface area contributed by atoms with Gasteiger partial charge in [0.05, 0.1) is 0 Å². The summed E-state index contributed by atoms with van der Waals surface area (Å²) in [6.45, 7) is 2.56. The number of nitrogens with one attached hydrogen (secondary N) is 1. The minimum atomic E-state index is 0.0910. The predicted octanol–water partition coefficient (Wildman–Crippen LogP) is 3.25. The van der Waals surface area contributed by atoms with Crippen molar-refractivity contribution >= 4 is 22.9 Å². The molecular formula is C19H24N2O2S. The van der Waals surface area contributed by atoms with Gasteiger partial charge in [0.1, 0.15) is 0 Å². The molecule has 1 saturated heterocycles. The Bertz CT molecular complexity index is 649. The smallest absolute Gasteiger partial charge is 0.253 e. The van der Waals surface area contributed by atoms with Crippen molar-refractivity contribution in [3.63, 3.8) is 0 Å². The summed E-state index contributed by atoms with van der Waals surface area (Å²) < 4.78 is 0. The first-order valence-electron chi connectivity index (χ1n) is 8.52. The van der Waals surface area contributed by atoms with Crippen molar-refractivity contribution in [1.29, 1.82) is 0 Å². The third-order valence-corrected chi connectivity index (χ3v) is 5.49. The average molecular weight is 344 g/mol. The first-order valence-corrected chi connectivity index (χ1v) is 9.40. The average Bonchev–Trinajstić information content (AvgIpc) is 3.15. The van der Waals surface area contributed by atoms with Crippen LogP contribution >= 0.6 is 11.3 Å². The summed E-state index contributed by atoms with van der Waals surface area (Å²) in [5.74, 6) is 0.438. The van der Waals surface area contributed by atoms with Gasteiger partial charge in [0, 0.05) is 42.4 Å². The van der Waals surface area contributed by atoms with Crippen LogP contribution < -0.4 is 5.32 Å². The number of benzene rings is 1. The van der Waals surface area contributed by atoms with Crippen LogP contribution in [0.1, 0.15) is 28.1 Å². The van der Waals surface area contributed by atoms with Crippen molar-refractivity contribution in [2.75, 3.05) is 31.6 Å². The van der Waals surface area contributed by atoms with Crippen molar-refractivity contribution in [2.24, 2.45) is 5.92 Å². The zero-order valence-corrected chi connectivity index (χ0v) is 14.6. The Labute approximate surface area is 147 Å². The fourth-order valence-electron chi connectivity index (χ4n) is 3.05. The van der Waals surface area contributed by atoms with Gasteiger partial charge in [-0.2, -0.15) is 0 Å². The maximum absolute atomic E-state index is 12.6. The van der Waals surface area contributed by atoms with E-state index in [9.17, 15) is 9.90 Å². The second kappa shape index (κ2) is 8.31. The van der Waals surface area contributed by atoms with E-state index >= 15 is 0 Å². The topological polar surface area (TPSA) is 52.6 Å². The van der Waals surface area contributed by atoms with Gasteiger partial charge in [-0.25, -0.2) is 0 Å². The second-order valence-electron chi connectivity index (χ2n) is 6.26. The zero-order chi connectivity index (χ0) is 16.8. The number of nitrogens with zero attached hydrogens (tertiary/aromatic N) is 1. The van der Waals surface area contributed by atoms with E-state index in [1.807, 2.05) is 29.2 Å². The molecule has 1 fully saturated rings. The predicted molar refractivity (Wildman–Crippen MR) is 98.7 cm³/mol. The molecule has 5 heteroatoms. The highest BCUT2D eigenvalue weighted by Crippen LogP contribution is 2.20. The van der Waals surface area contributed by atoms with Crippen LogP contribution in [0.3, 0.4) is 0 Å². The summed E-state index contributed by atoms with van der Waals surface area (Å²) in [5.41, 5.74) is 1.72. The summed E-state index contributed by atoms with van der Waals surface area (Å²) in [6.07, 6.45) is 2.77. The van der Waals surface area contributed by atoms with Gasteiger partial charge >= 0.3 is 0 Å². The second-order valence-corrected chi connectivity index (χ2v) is 7.29. The Kier molecular flexibility index (Phi) is 5.88. The molecule has 24 heavy (non-hydrogen) atoms. The van der Waals surface area contributed by atoms with E-state index in [1.165, 1.54) is 4.88 Å². The van der Waals surface area contributed by atoms with Crippen molar-refractivity contribution in [3.05, 3.63) is 52.2 Å². The number of hydrogen-bond acceptors (Lipinski definition) is 4. The van der Waals surface area contributed by atoms with Crippen LogP contribution in [0.25, 0.3) is 0 Å². The molecule has 1 amide bonds. The van der Waals surface area contributed by atoms with Crippen molar-refractivity contribution in [2.45, 2.75) is 19.3 Å². The first-order chi connectivity index (χ1) is 11.8. The Hall–Kier alpha value is -1.85. The quantitative estimate of drug-likeness (QED) is 0.846. The first kappa shape index (κ1) is 17.0. The van der Waals surface area contributed by atoms with Gasteiger partial charge in [0.15, 0.2) is 0 Å². The monoisotopic (exact) mass is 344 g/mol. The number of likely N-dealkylation sites (tertiary alicyclic amines) is 1. The molecule has 2 heterocycles. The number of anilines is 1. The van der Waals surface area contributed by atoms with Crippen molar-refractivity contribution < 1.29 is 9.90 Å². The van der Waals surface area contributed by atoms with Crippen LogP contribution in [0.4, 0.5) is 5.69 Å². The van der Waals surface area contributed by atoms with E-state index in [4.69, 9.17) is 0 Å². The maximum atomic E-state index is 12.6. The van der Waals surface area contributed by atoms with Gasteiger partial charge in [-0.3, -0.25) is 4.79 Å². The maximum Gasteiger partial charge on any atom is 0.253 e. The molecule has 0 atom stereocenters. The minimum Gasteiger partial charge on any atom is -0.396 e. The number of piperidine rings is 1. The van der Waals surface area contributed by atoms with Crippen LogP contribution in [0.2, 0.25) is 0 Å². The van der Waals surface area contributed by atoms with Gasteiger partial charge in [-0.05, 0) is 54.8 Å². The van der Waals surface area contributed by atoms with Gasteiger partial charge in [-0.1, -0.05) is 12.1 Å². The summed E-state index contributed by atoms with van der Waals surface area (Å²) in [4.78, 5) is 15.9. The third-order valence-electron chi connectivity index (χ3n) is 4.55. The summed E-state index contributed by atoms with van der Waals surface area (Å²) in [7, 11) is 0. The number of rotatable bonds is 6. The van der Waals surface area contributed by atoms with Gasteiger partial charge in [0.2, 0.25) is 0 Å². The minimum absolute atomic E-state index is 0.0910. The molecule has 3 rings (SSSR count). The lowest BCUT2D eigenvalue weighted by molar-refractivity contribution is 0.0651. The van der Waals surface area contributed by atoms with E-state index in [1.54, 1.807) is 11.3 Å². The van der Waals surface area contributed by atoms with E-state index < -0.39 is 0 Å². The molecule has 0 aliphatic carbocycles. The third kappa shape index (κ3) is 4.36. The van der Waals surface area contributed by atoms with Gasteiger partial charge < -0.3 is 15.3 Å². The molecule has 4 nitrogen and oxygen atoms in total. The van der Waals surface area contributed by atoms with E-state index in [-0.39, 0.29) is 12.5 Å². The van der Waals surface area contributed by atoms with Crippen molar-refractivity contribution in [1.82, 2.24) is 4.90 Å². The Morgan fingerprint density at radius 3 is 2.79 bits per heavy atom. The molecule has 128 valence electrons. The molecule has 0 bridgehead atoms. The van der Waals surface area contributed by atoms with Crippen LogP contribution in [-0.4, -0.2) is 42.2 Å². The van der Waals surface area contributed by atoms with Crippen LogP contribution in [0.5, 0.6) is 0 Å². The fourth-order valence-corrected chi connectivity index (χ4v) is 3.76. The molecule has 1 aliphatic heterocycles. The summed E-state index contributed by atoms with van der Waals surface area (Å²) in [6, 6.07) is 12.0. The van der Waals surface area contributed by atoms with Crippen LogP contribution in [-0.2, 0) is 6.42 Å². The number of carbonyl (C=O) groups is 1. The number of amides is 1. The fraction of sp³-hybridized carbons (Fsp3) is 0.421. The molecule has 1 aromatic heterocycles. The largest absolute Gasteiger partial charge is 0.396 e. The number of hydrogen-bond donors (Lipinski definition) is 2. The van der Waals surface area contributed by atoms with Gasteiger partial charge in [0.25, 0.3) is 5.91 Å². The Balaban J connectivity index is 1.55. The highest BCUT2D eigenvalue weighted by molar-refractivity contribution is 7.09. The lowest BCUT2D eigenvalue weighted by Gasteiger charge is -2.31. The van der Waals surface area contributed by atoms with E-state index in [0.29, 0.717) is 5.92 Å². The Morgan fingerprint density at radius 2 is 2.08 bits per heavy atom. The molecular weight excluding hydrogens is 320 g/mol. The molecule has 0 spiro atoms. The zero-order valence-electron chi connectivity index (χ0n) is 13.8. The number of thiophene rings is 1. The highest BCUT2D eigenvalue weighted by atomic mass is 32.1. The molecule has 0 saturated carbocycles. The van der Waals surface area contributed by atoms with E-state index in [0.717, 1.165) is 50.1 Å². The molecule has 0 unspecified atom stereocenters. The van der Waals surface area contributed by atoms with E-state index in [2.05, 4.69) is 22.8 Å². The Morgan fingerprint density at radius 1 is 1.25 bits per heavy atom. The van der Waals surface area contributed by atoms with Crippen LogP contribution in [0.15, 0.2) is 41.8 Å². The SMILES string of the molecule is O=C(c1cccc(NCCc2cccs2)c1)N1CCC(CO)CC1. The number of aliphatic hydroxyl groups excluding tert-OH is 1. The normalized spacial score (nSPS) is 15.5. The lowest BCUT2D eigenvalue weighted by atomic mass is 9.97. The molecule has 0 radical (unpaired) electrons. The summed E-state index contributed by atoms with van der Waals surface area (Å²) in [5, 5.41) is 14.7. The van der Waals surface area contributed by atoms with Crippen molar-refractivity contribution in [3.8, 4) is 0 Å². The number of aliphatic hydroxyl groups is 1. The highest BCUT2D eigenvalue weighted by Gasteiger charge is 2.23. The summed E-state index contributed by atoms with van der Waals surface area (Å²) >= 11 is 1.77. The van der Waals surface area contributed by atoms with Gasteiger partial charge in [-0.15, -0.1) is 11.3 Å². The standard InChI is InChI=1S/C19H24N2O2S/c22-14-15-7-10-21(11-8-15)19(23)16-3-1-4-17(13-16)20-9-6-18-5-2-12-24-18/h1-5,12-13,15,20,22H,6-11,14H2.